The summed E-state index contributed by atoms with van der Waals surface area (Å²) < 4.78 is 10.8. The molecule has 0 amide bonds. The lowest BCUT2D eigenvalue weighted by molar-refractivity contribution is -0.158. The van der Waals surface area contributed by atoms with Crippen molar-refractivity contribution < 1.29 is 19.1 Å². The molecule has 3 atom stereocenters. The highest BCUT2D eigenvalue weighted by atomic mass is 79.9. The Kier molecular flexibility index (Phi) is 4.56. The first-order valence-corrected chi connectivity index (χ1v) is 9.26. The highest BCUT2D eigenvalue weighted by Gasteiger charge is 2.54. The smallest absolute Gasteiger partial charge is 0.339 e. The molecule has 1 fully saturated rings. The summed E-state index contributed by atoms with van der Waals surface area (Å²) >= 11 is 3.47. The molecule has 0 saturated heterocycles. The Balaban J connectivity index is 2.17. The van der Waals surface area contributed by atoms with Crippen molar-refractivity contribution in [2.75, 3.05) is 14.2 Å². The predicted octanol–water partition coefficient (Wildman–Crippen LogP) is 4.50. The lowest BCUT2D eigenvalue weighted by atomic mass is 9.51. The van der Waals surface area contributed by atoms with Gasteiger partial charge in [-0.3, -0.25) is 4.79 Å². The van der Waals surface area contributed by atoms with Crippen LogP contribution in [-0.4, -0.2) is 26.2 Å². The van der Waals surface area contributed by atoms with Crippen molar-refractivity contribution in [2.24, 2.45) is 11.3 Å². The summed E-state index contributed by atoms with van der Waals surface area (Å²) in [7, 11) is 2.83. The van der Waals surface area contributed by atoms with Crippen LogP contribution in [0.25, 0.3) is 6.08 Å². The Morgan fingerprint density at radius 3 is 2.52 bits per heavy atom. The van der Waals surface area contributed by atoms with Crippen molar-refractivity contribution >= 4 is 33.9 Å². The second kappa shape index (κ2) is 6.27. The molecule has 1 aromatic rings. The van der Waals surface area contributed by atoms with E-state index in [1.165, 1.54) is 14.2 Å². The highest BCUT2D eigenvalue weighted by Crippen LogP contribution is 2.56. The van der Waals surface area contributed by atoms with Gasteiger partial charge in [-0.25, -0.2) is 4.79 Å². The second-order valence-electron chi connectivity index (χ2n) is 7.43. The first-order chi connectivity index (χ1) is 11.8. The third kappa shape index (κ3) is 2.64. The zero-order valence-corrected chi connectivity index (χ0v) is 16.6. The molecule has 0 radical (unpaired) electrons. The van der Waals surface area contributed by atoms with E-state index in [0.717, 1.165) is 34.9 Å². The van der Waals surface area contributed by atoms with Gasteiger partial charge in [0.2, 0.25) is 0 Å². The molecule has 2 aliphatic rings. The number of hydrogen-bond donors (Lipinski definition) is 0. The number of hydrogen-bond acceptors (Lipinski definition) is 4. The van der Waals surface area contributed by atoms with Gasteiger partial charge >= 0.3 is 11.9 Å². The third-order valence-corrected chi connectivity index (χ3v) is 6.70. The van der Waals surface area contributed by atoms with E-state index >= 15 is 0 Å². The van der Waals surface area contributed by atoms with Gasteiger partial charge in [0.25, 0.3) is 0 Å². The molecule has 5 heteroatoms. The molecular formula is C20H23BrO4. The molecule has 0 aliphatic heterocycles. The Labute approximate surface area is 156 Å². The molecule has 4 nitrogen and oxygen atoms in total. The van der Waals surface area contributed by atoms with Gasteiger partial charge in [-0.15, -0.1) is 0 Å². The van der Waals surface area contributed by atoms with E-state index in [0.29, 0.717) is 5.56 Å². The van der Waals surface area contributed by atoms with E-state index in [-0.39, 0.29) is 23.3 Å². The van der Waals surface area contributed by atoms with Crippen LogP contribution in [0.4, 0.5) is 0 Å². The number of benzene rings is 1. The summed E-state index contributed by atoms with van der Waals surface area (Å²) in [5, 5.41) is 0. The molecule has 0 bridgehead atoms. The standard InChI is InChI=1S/C20H23BrO4/c1-19-8-5-9-20(2,18(23)25-4)16(19)7-6-12-10-15(21)13(11-14(12)19)17(22)24-3/h6-7,10-11,16H,5,8-9H2,1-4H3/t16-,19-,20+/m1/s1. The van der Waals surface area contributed by atoms with Crippen LogP contribution >= 0.6 is 15.9 Å². The summed E-state index contributed by atoms with van der Waals surface area (Å²) in [6, 6.07) is 3.88. The van der Waals surface area contributed by atoms with Crippen molar-refractivity contribution in [2.45, 2.75) is 38.5 Å². The Morgan fingerprint density at radius 2 is 1.88 bits per heavy atom. The number of methoxy groups -OCH3 is 2. The number of ether oxygens (including phenoxy) is 2. The summed E-state index contributed by atoms with van der Waals surface area (Å²) in [6.07, 6.45) is 6.90. The van der Waals surface area contributed by atoms with Gasteiger partial charge in [0.05, 0.1) is 25.2 Å². The van der Waals surface area contributed by atoms with Crippen LogP contribution in [0.5, 0.6) is 0 Å². The maximum atomic E-state index is 12.5. The number of esters is 2. The topological polar surface area (TPSA) is 52.6 Å². The Bertz CT molecular complexity index is 769. The average Bonchev–Trinajstić information content (AvgIpc) is 2.59. The van der Waals surface area contributed by atoms with Crippen LogP contribution in [0.2, 0.25) is 0 Å². The molecule has 25 heavy (non-hydrogen) atoms. The van der Waals surface area contributed by atoms with Crippen molar-refractivity contribution in [3.8, 4) is 0 Å². The Hall–Kier alpha value is -1.62. The lowest BCUT2D eigenvalue weighted by Crippen LogP contribution is -2.51. The van der Waals surface area contributed by atoms with Gasteiger partial charge in [0.1, 0.15) is 0 Å². The summed E-state index contributed by atoms with van der Waals surface area (Å²) in [5.41, 5.74) is 1.90. The lowest BCUT2D eigenvalue weighted by Gasteiger charge is -2.51. The highest BCUT2D eigenvalue weighted by molar-refractivity contribution is 9.10. The van der Waals surface area contributed by atoms with Gasteiger partial charge in [-0.2, -0.15) is 0 Å². The van der Waals surface area contributed by atoms with Crippen LogP contribution in [0, 0.1) is 11.3 Å². The number of rotatable bonds is 2. The van der Waals surface area contributed by atoms with E-state index < -0.39 is 5.41 Å². The number of halogens is 1. The summed E-state index contributed by atoms with van der Waals surface area (Å²) in [5.74, 6) is -0.502. The largest absolute Gasteiger partial charge is 0.469 e. The van der Waals surface area contributed by atoms with Crippen LogP contribution in [-0.2, 0) is 19.7 Å². The fraction of sp³-hybridized carbons (Fsp3) is 0.500. The third-order valence-electron chi connectivity index (χ3n) is 6.04. The van der Waals surface area contributed by atoms with Crippen LogP contribution in [0.3, 0.4) is 0 Å². The van der Waals surface area contributed by atoms with E-state index in [9.17, 15) is 9.59 Å². The van der Waals surface area contributed by atoms with Crippen LogP contribution < -0.4 is 0 Å². The minimum atomic E-state index is -0.561. The number of fused-ring (bicyclic) bond motifs is 3. The molecule has 3 rings (SSSR count). The molecule has 0 spiro atoms. The zero-order valence-electron chi connectivity index (χ0n) is 15.0. The van der Waals surface area contributed by atoms with E-state index in [1.54, 1.807) is 0 Å². The van der Waals surface area contributed by atoms with E-state index in [4.69, 9.17) is 9.47 Å². The van der Waals surface area contributed by atoms with E-state index in [2.05, 4.69) is 35.0 Å². The fourth-order valence-electron chi connectivity index (χ4n) is 4.71. The van der Waals surface area contributed by atoms with Crippen molar-refractivity contribution in [1.29, 1.82) is 0 Å². The van der Waals surface area contributed by atoms with Crippen molar-refractivity contribution in [1.82, 2.24) is 0 Å². The van der Waals surface area contributed by atoms with Crippen molar-refractivity contribution in [3.63, 3.8) is 0 Å². The predicted molar refractivity (Wildman–Crippen MR) is 99.3 cm³/mol. The number of carbonyl (C=O) groups excluding carboxylic acids is 2. The summed E-state index contributed by atoms with van der Waals surface area (Å²) in [6.45, 7) is 4.19. The SMILES string of the molecule is COC(=O)c1cc2c(cc1Br)C=C[C@H]1[C@@](C)(C(=O)OC)CCC[C@]21C. The average molecular weight is 407 g/mol. The second-order valence-corrected chi connectivity index (χ2v) is 8.28. The number of carbonyl (C=O) groups is 2. The first kappa shape index (κ1) is 18.2. The zero-order chi connectivity index (χ0) is 18.4. The molecule has 0 N–H and O–H groups in total. The number of allylic oxidation sites excluding steroid dienone is 1. The molecule has 0 heterocycles. The molecule has 2 aliphatic carbocycles. The molecule has 1 saturated carbocycles. The Morgan fingerprint density at radius 1 is 1.16 bits per heavy atom. The van der Waals surface area contributed by atoms with Gasteiger partial charge in [-0.05, 0) is 59.0 Å². The quantitative estimate of drug-likeness (QED) is 0.678. The monoisotopic (exact) mass is 406 g/mol. The van der Waals surface area contributed by atoms with E-state index in [1.807, 2.05) is 19.1 Å². The normalized spacial score (nSPS) is 30.2. The van der Waals surface area contributed by atoms with Crippen molar-refractivity contribution in [3.05, 3.63) is 39.4 Å². The maximum Gasteiger partial charge on any atom is 0.339 e. The van der Waals surface area contributed by atoms with Gasteiger partial charge in [0.15, 0.2) is 0 Å². The van der Waals surface area contributed by atoms with Gasteiger partial charge in [0, 0.05) is 15.8 Å². The minimum absolute atomic E-state index is 0.0281. The minimum Gasteiger partial charge on any atom is -0.469 e. The molecule has 134 valence electrons. The van der Waals surface area contributed by atoms with Gasteiger partial charge in [-0.1, -0.05) is 25.5 Å². The molecule has 0 unspecified atom stereocenters. The first-order valence-electron chi connectivity index (χ1n) is 8.47. The van der Waals surface area contributed by atoms with Crippen LogP contribution in [0.15, 0.2) is 22.7 Å². The molecule has 1 aromatic carbocycles. The maximum absolute atomic E-state index is 12.5. The summed E-state index contributed by atoms with van der Waals surface area (Å²) in [4.78, 5) is 24.7. The molecule has 0 aromatic heterocycles. The molecular weight excluding hydrogens is 384 g/mol. The van der Waals surface area contributed by atoms with Crippen LogP contribution in [0.1, 0.15) is 54.6 Å². The van der Waals surface area contributed by atoms with Gasteiger partial charge < -0.3 is 9.47 Å². The fourth-order valence-corrected chi connectivity index (χ4v) is 5.24.